The van der Waals surface area contributed by atoms with Gasteiger partial charge in [0.1, 0.15) is 0 Å². The number of hydrogen-bond acceptors (Lipinski definition) is 4. The zero-order valence-electron chi connectivity index (χ0n) is 8.12. The van der Waals surface area contributed by atoms with Crippen LogP contribution in [0.2, 0.25) is 0 Å². The van der Waals surface area contributed by atoms with E-state index in [9.17, 15) is 4.79 Å². The highest BCUT2D eigenvalue weighted by Gasteiger charge is 2.31. The van der Waals surface area contributed by atoms with Crippen molar-refractivity contribution in [3.63, 3.8) is 0 Å². The van der Waals surface area contributed by atoms with Crippen molar-refractivity contribution in [1.29, 1.82) is 0 Å². The predicted octanol–water partition coefficient (Wildman–Crippen LogP) is 1.09. The van der Waals surface area contributed by atoms with E-state index in [0.29, 0.717) is 19.7 Å². The van der Waals surface area contributed by atoms with Crippen molar-refractivity contribution in [2.24, 2.45) is 0 Å². The Bertz CT molecular complexity index is 167. The molecule has 0 bridgehead atoms. The summed E-state index contributed by atoms with van der Waals surface area (Å²) in [5.74, 6) is -0.448. The maximum atomic E-state index is 9.83. The lowest BCUT2D eigenvalue weighted by molar-refractivity contribution is -0.140. The van der Waals surface area contributed by atoms with Gasteiger partial charge in [-0.15, -0.1) is 0 Å². The summed E-state index contributed by atoms with van der Waals surface area (Å²) in [6, 6.07) is 0. The highest BCUT2D eigenvalue weighted by atomic mass is 16.7. The first kappa shape index (κ1) is 10.5. The molecule has 1 unspecified atom stereocenters. The fraction of sp³-hybridized carbons (Fsp3) is 0.889. The van der Waals surface area contributed by atoms with Crippen molar-refractivity contribution < 1.29 is 19.0 Å². The largest absolute Gasteiger partial charge is 0.468 e. The molecule has 0 aromatic heterocycles. The molecular weight excluding hydrogens is 172 g/mol. The van der Waals surface area contributed by atoms with Crippen molar-refractivity contribution in [3.8, 4) is 0 Å². The second-order valence-electron chi connectivity index (χ2n) is 3.56. The first-order valence-electron chi connectivity index (χ1n) is 4.51. The molecule has 4 heteroatoms. The van der Waals surface area contributed by atoms with E-state index >= 15 is 0 Å². The average Bonchev–Trinajstić information content (AvgIpc) is 2.40. The fourth-order valence-corrected chi connectivity index (χ4v) is 1.35. The Morgan fingerprint density at radius 2 is 2.38 bits per heavy atom. The van der Waals surface area contributed by atoms with E-state index < -0.39 is 5.79 Å². The third kappa shape index (κ3) is 3.74. The summed E-state index contributed by atoms with van der Waals surface area (Å²) in [6.45, 7) is 5.36. The van der Waals surface area contributed by atoms with Crippen LogP contribution in [-0.2, 0) is 19.0 Å². The monoisotopic (exact) mass is 188 g/mol. The maximum absolute atomic E-state index is 9.83. The molecule has 0 radical (unpaired) electrons. The van der Waals surface area contributed by atoms with E-state index in [1.54, 1.807) is 0 Å². The summed E-state index contributed by atoms with van der Waals surface area (Å²) in [5.41, 5.74) is 0. The lowest BCUT2D eigenvalue weighted by Crippen LogP contribution is -2.21. The van der Waals surface area contributed by atoms with Gasteiger partial charge < -0.3 is 14.2 Å². The highest BCUT2D eigenvalue weighted by molar-refractivity contribution is 5.36. The molecular formula is C9H16O4. The molecule has 1 heterocycles. The van der Waals surface area contributed by atoms with Crippen molar-refractivity contribution in [2.75, 3.05) is 13.2 Å². The number of carbonyl (C=O) groups is 1. The Balaban J connectivity index is 2.07. The second kappa shape index (κ2) is 4.58. The highest BCUT2D eigenvalue weighted by Crippen LogP contribution is 2.24. The molecule has 0 spiro atoms. The number of carbonyl (C=O) groups excluding carboxylic acids is 1. The van der Waals surface area contributed by atoms with Gasteiger partial charge >= 0.3 is 0 Å². The Morgan fingerprint density at radius 1 is 1.62 bits per heavy atom. The van der Waals surface area contributed by atoms with Gasteiger partial charge in [-0.2, -0.15) is 0 Å². The minimum absolute atomic E-state index is 0.144. The molecule has 0 amide bonds. The molecule has 0 aromatic rings. The third-order valence-electron chi connectivity index (χ3n) is 1.92. The van der Waals surface area contributed by atoms with E-state index in [1.807, 2.05) is 13.8 Å². The first-order chi connectivity index (χ1) is 6.14. The summed E-state index contributed by atoms with van der Waals surface area (Å²) in [5, 5.41) is 0. The van der Waals surface area contributed by atoms with Gasteiger partial charge in [0.15, 0.2) is 5.79 Å². The molecule has 1 atom stereocenters. The van der Waals surface area contributed by atoms with Gasteiger partial charge in [0.25, 0.3) is 6.47 Å². The van der Waals surface area contributed by atoms with Gasteiger partial charge in [0.2, 0.25) is 0 Å². The Hall–Kier alpha value is -0.610. The van der Waals surface area contributed by atoms with Gasteiger partial charge in [0.05, 0.1) is 19.3 Å². The molecule has 1 saturated heterocycles. The Kier molecular flexibility index (Phi) is 3.69. The van der Waals surface area contributed by atoms with E-state index in [4.69, 9.17) is 9.47 Å². The van der Waals surface area contributed by atoms with Crippen LogP contribution in [0.4, 0.5) is 0 Å². The molecule has 0 N–H and O–H groups in total. The van der Waals surface area contributed by atoms with Gasteiger partial charge in [-0.25, -0.2) is 0 Å². The molecule has 1 aliphatic heterocycles. The van der Waals surface area contributed by atoms with Crippen molar-refractivity contribution >= 4 is 6.47 Å². The van der Waals surface area contributed by atoms with E-state index in [2.05, 4.69) is 4.74 Å². The molecule has 4 nitrogen and oxygen atoms in total. The second-order valence-corrected chi connectivity index (χ2v) is 3.56. The standard InChI is InChI=1S/C9H16O4/c1-9(2)12-6-8(13-9)4-3-5-11-7-10/h7-8H,3-6H2,1-2H3. The van der Waals surface area contributed by atoms with Crippen LogP contribution < -0.4 is 0 Å². The topological polar surface area (TPSA) is 44.8 Å². The van der Waals surface area contributed by atoms with Crippen molar-refractivity contribution in [3.05, 3.63) is 0 Å². The van der Waals surface area contributed by atoms with Gasteiger partial charge in [-0.05, 0) is 26.7 Å². The number of ether oxygens (including phenoxy) is 3. The summed E-state index contributed by atoms with van der Waals surface area (Å²) in [6.07, 6.45) is 1.84. The van der Waals surface area contributed by atoms with Gasteiger partial charge in [-0.1, -0.05) is 0 Å². The summed E-state index contributed by atoms with van der Waals surface area (Å²) >= 11 is 0. The minimum Gasteiger partial charge on any atom is -0.468 e. The number of hydrogen-bond donors (Lipinski definition) is 0. The van der Waals surface area contributed by atoms with Gasteiger partial charge in [0, 0.05) is 0 Å². The molecule has 0 aromatic carbocycles. The lowest BCUT2D eigenvalue weighted by Gasteiger charge is -2.16. The van der Waals surface area contributed by atoms with Crippen LogP contribution in [0.15, 0.2) is 0 Å². The Labute approximate surface area is 78.2 Å². The van der Waals surface area contributed by atoms with Crippen molar-refractivity contribution in [2.45, 2.75) is 38.6 Å². The van der Waals surface area contributed by atoms with E-state index in [-0.39, 0.29) is 6.10 Å². The normalized spacial score (nSPS) is 25.8. The average molecular weight is 188 g/mol. The quantitative estimate of drug-likeness (QED) is 0.478. The van der Waals surface area contributed by atoms with Crippen LogP contribution in [-0.4, -0.2) is 31.6 Å². The first-order valence-corrected chi connectivity index (χ1v) is 4.51. The van der Waals surface area contributed by atoms with Crippen LogP contribution in [0.1, 0.15) is 26.7 Å². The molecule has 0 aliphatic carbocycles. The SMILES string of the molecule is CC1(C)OCC(CCCOC=O)O1. The minimum atomic E-state index is -0.448. The van der Waals surface area contributed by atoms with Crippen molar-refractivity contribution in [1.82, 2.24) is 0 Å². The molecule has 13 heavy (non-hydrogen) atoms. The van der Waals surface area contributed by atoms with Gasteiger partial charge in [-0.3, -0.25) is 4.79 Å². The summed E-state index contributed by atoms with van der Waals surface area (Å²) in [7, 11) is 0. The number of rotatable bonds is 5. The maximum Gasteiger partial charge on any atom is 0.293 e. The van der Waals surface area contributed by atoms with Crippen LogP contribution in [0.25, 0.3) is 0 Å². The lowest BCUT2D eigenvalue weighted by atomic mass is 10.2. The zero-order valence-corrected chi connectivity index (χ0v) is 8.12. The van der Waals surface area contributed by atoms with Crippen LogP contribution in [0.3, 0.4) is 0 Å². The van der Waals surface area contributed by atoms with E-state index in [0.717, 1.165) is 12.8 Å². The van der Waals surface area contributed by atoms with Crippen LogP contribution in [0, 0.1) is 0 Å². The third-order valence-corrected chi connectivity index (χ3v) is 1.92. The fourth-order valence-electron chi connectivity index (χ4n) is 1.35. The van der Waals surface area contributed by atoms with E-state index in [1.165, 1.54) is 0 Å². The molecule has 1 rings (SSSR count). The summed E-state index contributed by atoms with van der Waals surface area (Å²) < 4.78 is 15.5. The zero-order chi connectivity index (χ0) is 9.73. The smallest absolute Gasteiger partial charge is 0.293 e. The Morgan fingerprint density at radius 3 is 2.92 bits per heavy atom. The van der Waals surface area contributed by atoms with Crippen LogP contribution >= 0.6 is 0 Å². The predicted molar refractivity (Wildman–Crippen MR) is 46.2 cm³/mol. The summed E-state index contributed by atoms with van der Waals surface area (Å²) in [4.78, 5) is 9.83. The molecule has 0 saturated carbocycles. The molecule has 76 valence electrons. The molecule has 1 fully saturated rings. The molecule has 1 aliphatic rings. The van der Waals surface area contributed by atoms with Crippen LogP contribution in [0.5, 0.6) is 0 Å².